The maximum Gasteiger partial charge on any atom is 0.249 e. The number of nitrogens with zero attached hydrogens (tertiary/aromatic N) is 5. The number of hydrogen-bond acceptors (Lipinski definition) is 5. The van der Waals surface area contributed by atoms with Crippen LogP contribution in [0, 0.1) is 0 Å². The molecule has 0 bridgehead atoms. The molecule has 146 valence electrons. The summed E-state index contributed by atoms with van der Waals surface area (Å²) in [5, 5.41) is 14.3. The van der Waals surface area contributed by atoms with E-state index in [1.165, 1.54) is 11.0 Å². The van der Waals surface area contributed by atoms with Gasteiger partial charge in [-0.3, -0.25) is 4.79 Å². The molecule has 2 aromatic carbocycles. The minimum absolute atomic E-state index is 0.153. The van der Waals surface area contributed by atoms with Gasteiger partial charge in [-0.2, -0.15) is 0 Å². The van der Waals surface area contributed by atoms with Crippen LogP contribution in [-0.2, 0) is 11.2 Å². The number of amides is 1. The topological polar surface area (TPSA) is 75.9 Å². The quantitative estimate of drug-likeness (QED) is 0.651. The first-order valence-electron chi connectivity index (χ1n) is 9.52. The maximum atomic E-state index is 13.0. The number of carbonyl (C=O) groups is 1. The van der Waals surface area contributed by atoms with Crippen molar-refractivity contribution in [3.63, 3.8) is 0 Å². The van der Waals surface area contributed by atoms with Gasteiger partial charge in [-0.25, -0.2) is 4.68 Å². The molecule has 0 unspecified atom stereocenters. The highest BCUT2D eigenvalue weighted by Gasteiger charge is 2.22. The van der Waals surface area contributed by atoms with Crippen molar-refractivity contribution in [3.8, 4) is 0 Å². The molecule has 7 heteroatoms. The van der Waals surface area contributed by atoms with E-state index in [4.69, 9.17) is 0 Å². The number of carbonyl (C=O) groups excluding carboxylic acids is 1. The summed E-state index contributed by atoms with van der Waals surface area (Å²) >= 11 is 0. The molecule has 0 aliphatic carbocycles. The Balaban J connectivity index is 1.75. The molecule has 0 spiro atoms. The minimum atomic E-state index is -0.528. The Morgan fingerprint density at radius 2 is 1.82 bits per heavy atom. The summed E-state index contributed by atoms with van der Waals surface area (Å²) in [6.45, 7) is 7.40. The largest absolute Gasteiger partial charge is 0.369 e. The van der Waals surface area contributed by atoms with E-state index in [9.17, 15) is 4.79 Å². The fourth-order valence-electron chi connectivity index (χ4n) is 3.26. The monoisotopic (exact) mass is 378 g/mol. The number of hydrogen-bond donors (Lipinski definition) is 1. The normalized spacial score (nSPS) is 12.0. The predicted molar refractivity (Wildman–Crippen MR) is 110 cm³/mol. The Hall–Kier alpha value is -3.22. The van der Waals surface area contributed by atoms with Crippen molar-refractivity contribution in [1.29, 1.82) is 0 Å². The van der Waals surface area contributed by atoms with Crippen LogP contribution < -0.4 is 10.2 Å². The summed E-state index contributed by atoms with van der Waals surface area (Å²) in [6.07, 6.45) is 1.98. The molecule has 0 aliphatic rings. The third-order valence-corrected chi connectivity index (χ3v) is 4.69. The second-order valence-corrected chi connectivity index (χ2v) is 6.91. The molecule has 0 aliphatic heterocycles. The lowest BCUT2D eigenvalue weighted by Gasteiger charge is -2.27. The summed E-state index contributed by atoms with van der Waals surface area (Å²) in [6, 6.07) is 17.6. The Labute approximate surface area is 165 Å². The smallest absolute Gasteiger partial charge is 0.249 e. The Morgan fingerprint density at radius 1 is 1.11 bits per heavy atom. The Bertz CT molecular complexity index is 862. The van der Waals surface area contributed by atoms with Crippen LogP contribution >= 0.6 is 0 Å². The van der Waals surface area contributed by atoms with E-state index >= 15 is 0 Å². The molecular weight excluding hydrogens is 352 g/mol. The van der Waals surface area contributed by atoms with Crippen LogP contribution in [0.2, 0.25) is 0 Å². The summed E-state index contributed by atoms with van der Waals surface area (Å²) in [4.78, 5) is 15.3. The SMILES string of the molecule is CCN(c1ccc(NC(=O)[C@@H](Cc2ccccc2)n2cnnn2)cc1)C(C)C. The van der Waals surface area contributed by atoms with Crippen molar-refractivity contribution in [1.82, 2.24) is 20.2 Å². The van der Waals surface area contributed by atoms with Gasteiger partial charge in [0.25, 0.3) is 0 Å². The van der Waals surface area contributed by atoms with Gasteiger partial charge in [-0.15, -0.1) is 5.10 Å². The second-order valence-electron chi connectivity index (χ2n) is 6.91. The number of tetrazole rings is 1. The fourth-order valence-corrected chi connectivity index (χ4v) is 3.26. The lowest BCUT2D eigenvalue weighted by Crippen LogP contribution is -2.30. The van der Waals surface area contributed by atoms with Crippen molar-refractivity contribution in [3.05, 3.63) is 66.5 Å². The molecule has 28 heavy (non-hydrogen) atoms. The molecule has 1 heterocycles. The molecule has 0 saturated heterocycles. The number of benzene rings is 2. The van der Waals surface area contributed by atoms with Gasteiger partial charge in [0.2, 0.25) is 5.91 Å². The highest BCUT2D eigenvalue weighted by atomic mass is 16.2. The average molecular weight is 378 g/mol. The third-order valence-electron chi connectivity index (χ3n) is 4.69. The van der Waals surface area contributed by atoms with E-state index in [-0.39, 0.29) is 5.91 Å². The molecule has 0 radical (unpaired) electrons. The van der Waals surface area contributed by atoms with Crippen LogP contribution in [-0.4, -0.2) is 38.7 Å². The molecule has 0 saturated carbocycles. The molecule has 1 amide bonds. The van der Waals surface area contributed by atoms with E-state index in [0.717, 1.165) is 23.5 Å². The highest BCUT2D eigenvalue weighted by molar-refractivity contribution is 5.94. The first-order chi connectivity index (χ1) is 13.6. The van der Waals surface area contributed by atoms with Gasteiger partial charge >= 0.3 is 0 Å². The molecule has 3 rings (SSSR count). The predicted octanol–water partition coefficient (Wildman–Crippen LogP) is 3.33. The summed E-state index contributed by atoms with van der Waals surface area (Å²) in [7, 11) is 0. The fraction of sp³-hybridized carbons (Fsp3) is 0.333. The van der Waals surface area contributed by atoms with Crippen molar-refractivity contribution in [2.75, 3.05) is 16.8 Å². The zero-order valence-corrected chi connectivity index (χ0v) is 16.5. The molecular formula is C21H26N6O. The number of nitrogens with one attached hydrogen (secondary N) is 1. The van der Waals surface area contributed by atoms with Crippen molar-refractivity contribution in [2.24, 2.45) is 0 Å². The van der Waals surface area contributed by atoms with E-state index in [1.807, 2.05) is 54.6 Å². The van der Waals surface area contributed by atoms with Gasteiger partial charge in [-0.1, -0.05) is 30.3 Å². The lowest BCUT2D eigenvalue weighted by atomic mass is 10.1. The summed E-state index contributed by atoms with van der Waals surface area (Å²) in [5.41, 5.74) is 2.93. The summed E-state index contributed by atoms with van der Waals surface area (Å²) in [5.74, 6) is -0.153. The van der Waals surface area contributed by atoms with Crippen LogP contribution in [0.1, 0.15) is 32.4 Å². The highest BCUT2D eigenvalue weighted by Crippen LogP contribution is 2.21. The standard InChI is InChI=1S/C21H26N6O/c1-4-26(16(2)3)19-12-10-18(11-13-19)23-21(28)20(27-15-22-24-25-27)14-17-8-6-5-7-9-17/h5-13,15-16,20H,4,14H2,1-3H3,(H,23,28)/t20-/m1/s1. The van der Waals surface area contributed by atoms with Gasteiger partial charge in [0.05, 0.1) is 0 Å². The lowest BCUT2D eigenvalue weighted by molar-refractivity contribution is -0.119. The van der Waals surface area contributed by atoms with Gasteiger partial charge in [0.1, 0.15) is 12.4 Å². The van der Waals surface area contributed by atoms with Gasteiger partial charge < -0.3 is 10.2 Å². The van der Waals surface area contributed by atoms with E-state index in [1.54, 1.807) is 0 Å². The number of aromatic nitrogens is 4. The Kier molecular flexibility index (Phi) is 6.37. The van der Waals surface area contributed by atoms with Crippen LogP contribution in [0.15, 0.2) is 60.9 Å². The van der Waals surface area contributed by atoms with Gasteiger partial charge in [0, 0.05) is 30.4 Å². The van der Waals surface area contributed by atoms with Crippen LogP contribution in [0.25, 0.3) is 0 Å². The first-order valence-corrected chi connectivity index (χ1v) is 9.52. The zero-order valence-electron chi connectivity index (χ0n) is 16.5. The van der Waals surface area contributed by atoms with Gasteiger partial charge in [0.15, 0.2) is 0 Å². The van der Waals surface area contributed by atoms with Crippen molar-refractivity contribution in [2.45, 2.75) is 39.3 Å². The number of anilines is 2. The molecule has 1 atom stereocenters. The molecule has 0 fully saturated rings. The van der Waals surface area contributed by atoms with Crippen LogP contribution in [0.5, 0.6) is 0 Å². The maximum absolute atomic E-state index is 13.0. The molecule has 1 N–H and O–H groups in total. The molecule has 7 nitrogen and oxygen atoms in total. The van der Waals surface area contributed by atoms with Gasteiger partial charge in [-0.05, 0) is 61.0 Å². The van der Waals surface area contributed by atoms with Crippen molar-refractivity contribution >= 4 is 17.3 Å². The second kappa shape index (κ2) is 9.12. The summed E-state index contributed by atoms with van der Waals surface area (Å²) < 4.78 is 1.49. The van der Waals surface area contributed by atoms with Crippen LogP contribution in [0.3, 0.4) is 0 Å². The third kappa shape index (κ3) is 4.73. The van der Waals surface area contributed by atoms with E-state index in [0.29, 0.717) is 12.5 Å². The first kappa shape index (κ1) is 19.5. The van der Waals surface area contributed by atoms with E-state index < -0.39 is 6.04 Å². The Morgan fingerprint density at radius 3 is 2.39 bits per heavy atom. The van der Waals surface area contributed by atoms with Crippen LogP contribution in [0.4, 0.5) is 11.4 Å². The van der Waals surface area contributed by atoms with Crippen molar-refractivity contribution < 1.29 is 4.79 Å². The molecule has 1 aromatic heterocycles. The minimum Gasteiger partial charge on any atom is -0.369 e. The zero-order chi connectivity index (χ0) is 19.9. The number of rotatable bonds is 8. The van der Waals surface area contributed by atoms with E-state index in [2.05, 4.69) is 46.5 Å². The molecule has 3 aromatic rings. The average Bonchev–Trinajstić information content (AvgIpc) is 3.23.